The number of amides is 3. The van der Waals surface area contributed by atoms with Gasteiger partial charge < -0.3 is 25.2 Å². The summed E-state index contributed by atoms with van der Waals surface area (Å²) in [5.74, 6) is 0.186. The summed E-state index contributed by atoms with van der Waals surface area (Å²) in [4.78, 5) is 40.6. The van der Waals surface area contributed by atoms with Gasteiger partial charge in [-0.15, -0.1) is 0 Å². The smallest absolute Gasteiger partial charge is 0.257 e. The minimum absolute atomic E-state index is 0.104. The molecule has 1 aromatic carbocycles. The Balaban J connectivity index is 1.73. The van der Waals surface area contributed by atoms with Crippen LogP contribution in [0.5, 0.6) is 5.75 Å². The summed E-state index contributed by atoms with van der Waals surface area (Å²) < 4.78 is 6.47. The van der Waals surface area contributed by atoms with E-state index in [9.17, 15) is 14.4 Å². The standard InChI is InChI=1S/C21H26N4O4S2/c1-5-18(27)24-6-8-25(9-7-24)20(28)15-11-17(13(2)10-16(15)29-4)30-19-12-22-21(31-19)23-14(3)26/h5,10-12,21-22H,1,6-9H2,2-4H3,(H,23,26). The van der Waals surface area contributed by atoms with E-state index >= 15 is 0 Å². The molecule has 0 aromatic heterocycles. The van der Waals surface area contributed by atoms with Gasteiger partial charge in [0.1, 0.15) is 5.75 Å². The van der Waals surface area contributed by atoms with Crippen molar-refractivity contribution in [1.29, 1.82) is 0 Å². The van der Waals surface area contributed by atoms with E-state index in [1.807, 2.05) is 25.3 Å². The third-order valence-corrected chi connectivity index (χ3v) is 7.27. The lowest BCUT2D eigenvalue weighted by Gasteiger charge is -2.34. The molecule has 0 bridgehead atoms. The van der Waals surface area contributed by atoms with Gasteiger partial charge in [0.2, 0.25) is 11.8 Å². The van der Waals surface area contributed by atoms with Crippen LogP contribution >= 0.6 is 23.5 Å². The minimum Gasteiger partial charge on any atom is -0.496 e. The van der Waals surface area contributed by atoms with Crippen molar-refractivity contribution in [2.24, 2.45) is 0 Å². The van der Waals surface area contributed by atoms with Crippen LogP contribution in [0.4, 0.5) is 0 Å². The summed E-state index contributed by atoms with van der Waals surface area (Å²) in [6.07, 6.45) is 3.15. The van der Waals surface area contributed by atoms with Crippen LogP contribution in [-0.4, -0.2) is 66.3 Å². The van der Waals surface area contributed by atoms with E-state index in [4.69, 9.17) is 4.74 Å². The Bertz CT molecular complexity index is 926. The monoisotopic (exact) mass is 462 g/mol. The lowest BCUT2D eigenvalue weighted by Crippen LogP contribution is -2.50. The molecule has 0 aliphatic carbocycles. The molecule has 2 heterocycles. The highest BCUT2D eigenvalue weighted by molar-refractivity contribution is 8.22. The van der Waals surface area contributed by atoms with Crippen LogP contribution in [0.1, 0.15) is 22.8 Å². The van der Waals surface area contributed by atoms with E-state index in [1.165, 1.54) is 36.5 Å². The molecule has 1 saturated heterocycles. The van der Waals surface area contributed by atoms with E-state index in [1.54, 1.807) is 16.9 Å². The molecule has 3 amide bonds. The van der Waals surface area contributed by atoms with Crippen molar-refractivity contribution >= 4 is 41.2 Å². The Morgan fingerprint density at radius 3 is 2.55 bits per heavy atom. The Morgan fingerprint density at radius 1 is 1.26 bits per heavy atom. The van der Waals surface area contributed by atoms with Gasteiger partial charge in [-0.1, -0.05) is 30.1 Å². The third kappa shape index (κ3) is 5.56. The highest BCUT2D eigenvalue weighted by atomic mass is 32.2. The summed E-state index contributed by atoms with van der Waals surface area (Å²) in [6.45, 7) is 8.84. The fourth-order valence-electron chi connectivity index (χ4n) is 3.28. The molecule has 2 aliphatic rings. The zero-order valence-corrected chi connectivity index (χ0v) is 19.4. The predicted octanol–water partition coefficient (Wildman–Crippen LogP) is 2.12. The number of rotatable bonds is 6. The van der Waals surface area contributed by atoms with E-state index in [0.29, 0.717) is 37.5 Å². The van der Waals surface area contributed by atoms with Crippen molar-refractivity contribution in [3.05, 3.63) is 46.4 Å². The average molecular weight is 463 g/mol. The van der Waals surface area contributed by atoms with Crippen LogP contribution < -0.4 is 15.4 Å². The zero-order valence-electron chi connectivity index (χ0n) is 17.8. The number of thioether (sulfide) groups is 2. The van der Waals surface area contributed by atoms with Crippen molar-refractivity contribution in [2.45, 2.75) is 24.2 Å². The molecule has 0 saturated carbocycles. The van der Waals surface area contributed by atoms with Gasteiger partial charge in [0.15, 0.2) is 5.50 Å². The summed E-state index contributed by atoms with van der Waals surface area (Å²) >= 11 is 3.04. The van der Waals surface area contributed by atoms with Gasteiger partial charge in [-0.05, 0) is 30.7 Å². The number of ether oxygens (including phenoxy) is 1. The van der Waals surface area contributed by atoms with Crippen molar-refractivity contribution in [3.63, 3.8) is 0 Å². The SMILES string of the molecule is C=CC(=O)N1CCN(C(=O)c2cc(SC3=CNC(NC(C)=O)S3)c(C)cc2OC)CC1. The Hall–Kier alpha value is -2.59. The second kappa shape index (κ2) is 10.1. The molecule has 1 atom stereocenters. The molecule has 2 N–H and O–H groups in total. The van der Waals surface area contributed by atoms with Crippen molar-refractivity contribution in [3.8, 4) is 5.75 Å². The molecule has 0 spiro atoms. The Labute approximate surface area is 190 Å². The van der Waals surface area contributed by atoms with Crippen molar-refractivity contribution < 1.29 is 19.1 Å². The number of nitrogens with zero attached hydrogens (tertiary/aromatic N) is 2. The highest BCUT2D eigenvalue weighted by Crippen LogP contribution is 2.41. The van der Waals surface area contributed by atoms with Crippen LogP contribution in [-0.2, 0) is 9.59 Å². The highest BCUT2D eigenvalue weighted by Gasteiger charge is 2.27. The number of aryl methyl sites for hydroxylation is 1. The number of piperazine rings is 1. The average Bonchev–Trinajstić information content (AvgIpc) is 3.19. The molecule has 2 aliphatic heterocycles. The lowest BCUT2D eigenvalue weighted by atomic mass is 10.1. The Morgan fingerprint density at radius 2 is 1.94 bits per heavy atom. The first kappa shape index (κ1) is 23.1. The number of methoxy groups -OCH3 is 1. The molecule has 1 unspecified atom stereocenters. The normalized spacial score (nSPS) is 18.2. The van der Waals surface area contributed by atoms with Gasteiger partial charge in [0.05, 0.1) is 16.9 Å². The maximum atomic E-state index is 13.2. The largest absolute Gasteiger partial charge is 0.496 e. The van der Waals surface area contributed by atoms with Crippen LogP contribution in [0.15, 0.2) is 40.1 Å². The maximum Gasteiger partial charge on any atom is 0.257 e. The van der Waals surface area contributed by atoms with Gasteiger partial charge >= 0.3 is 0 Å². The summed E-state index contributed by atoms with van der Waals surface area (Å²) in [5, 5.41) is 5.93. The summed E-state index contributed by atoms with van der Waals surface area (Å²) in [7, 11) is 1.55. The molecule has 1 fully saturated rings. The third-order valence-electron chi connectivity index (χ3n) is 4.91. The van der Waals surface area contributed by atoms with Crippen molar-refractivity contribution in [1.82, 2.24) is 20.4 Å². The van der Waals surface area contributed by atoms with E-state index in [2.05, 4.69) is 17.2 Å². The molecule has 3 rings (SSSR count). The fourth-order valence-corrected chi connectivity index (χ4v) is 5.50. The zero-order chi connectivity index (χ0) is 22.5. The fraction of sp³-hybridized carbons (Fsp3) is 0.381. The van der Waals surface area contributed by atoms with Gasteiger partial charge in [0, 0.05) is 44.2 Å². The van der Waals surface area contributed by atoms with Crippen LogP contribution in [0.3, 0.4) is 0 Å². The number of nitrogens with one attached hydrogen (secondary N) is 2. The molecule has 166 valence electrons. The number of hydrogen-bond donors (Lipinski definition) is 2. The second-order valence-electron chi connectivity index (χ2n) is 7.07. The van der Waals surface area contributed by atoms with Gasteiger partial charge in [-0.2, -0.15) is 0 Å². The topological polar surface area (TPSA) is 91.0 Å². The number of carbonyl (C=O) groups is 3. The second-order valence-corrected chi connectivity index (χ2v) is 9.56. The van der Waals surface area contributed by atoms with Crippen molar-refractivity contribution in [2.75, 3.05) is 33.3 Å². The van der Waals surface area contributed by atoms with E-state index < -0.39 is 0 Å². The number of hydrogen-bond acceptors (Lipinski definition) is 7. The van der Waals surface area contributed by atoms with Gasteiger partial charge in [-0.3, -0.25) is 14.4 Å². The first-order valence-electron chi connectivity index (χ1n) is 9.79. The quantitative estimate of drug-likeness (QED) is 0.626. The lowest BCUT2D eigenvalue weighted by molar-refractivity contribution is -0.127. The minimum atomic E-state index is -0.200. The summed E-state index contributed by atoms with van der Waals surface area (Å²) in [6, 6.07) is 3.72. The molecule has 8 nitrogen and oxygen atoms in total. The maximum absolute atomic E-state index is 13.2. The first-order chi connectivity index (χ1) is 14.8. The molecular weight excluding hydrogens is 436 g/mol. The molecule has 1 aromatic rings. The number of benzene rings is 1. The first-order valence-corrected chi connectivity index (χ1v) is 11.5. The molecule has 0 radical (unpaired) electrons. The van der Waals surface area contributed by atoms with Gasteiger partial charge in [0.25, 0.3) is 5.91 Å². The molecule has 31 heavy (non-hydrogen) atoms. The summed E-state index contributed by atoms with van der Waals surface area (Å²) in [5.41, 5.74) is 1.28. The van der Waals surface area contributed by atoms with Crippen LogP contribution in [0, 0.1) is 6.92 Å². The number of carbonyl (C=O) groups excluding carboxylic acids is 3. The van der Waals surface area contributed by atoms with E-state index in [0.717, 1.165) is 14.7 Å². The predicted molar refractivity (Wildman–Crippen MR) is 123 cm³/mol. The molecular formula is C21H26N4O4S2. The molecule has 10 heteroatoms. The van der Waals surface area contributed by atoms with E-state index in [-0.39, 0.29) is 23.2 Å². The van der Waals surface area contributed by atoms with Crippen LogP contribution in [0.2, 0.25) is 0 Å². The van der Waals surface area contributed by atoms with Gasteiger partial charge in [-0.25, -0.2) is 0 Å². The Kier molecular flexibility index (Phi) is 7.55. The van der Waals surface area contributed by atoms with Crippen LogP contribution in [0.25, 0.3) is 0 Å².